The molecule has 0 saturated heterocycles. The first-order chi connectivity index (χ1) is 7.09. The number of aromatic nitrogens is 3. The van der Waals surface area contributed by atoms with Crippen molar-refractivity contribution in [2.75, 3.05) is 5.73 Å². The topological polar surface area (TPSA) is 56.7 Å². The molecule has 78 valence electrons. The minimum absolute atomic E-state index is 0.0736. The van der Waals surface area contributed by atoms with Crippen molar-refractivity contribution < 1.29 is 4.39 Å². The molecule has 2 N–H and O–H groups in total. The zero-order valence-corrected chi connectivity index (χ0v) is 8.66. The van der Waals surface area contributed by atoms with Gasteiger partial charge in [0.1, 0.15) is 5.82 Å². The van der Waals surface area contributed by atoms with E-state index in [9.17, 15) is 4.39 Å². The van der Waals surface area contributed by atoms with E-state index in [1.807, 2.05) is 0 Å². The van der Waals surface area contributed by atoms with E-state index in [0.29, 0.717) is 17.2 Å². The zero-order valence-electron chi connectivity index (χ0n) is 7.91. The molecule has 1 heterocycles. The van der Waals surface area contributed by atoms with Gasteiger partial charge in [-0.05, 0) is 19.1 Å². The van der Waals surface area contributed by atoms with Crippen LogP contribution in [-0.2, 0) is 0 Å². The Hall–Kier alpha value is -1.62. The van der Waals surface area contributed by atoms with Gasteiger partial charge in [0, 0.05) is 6.07 Å². The largest absolute Gasteiger partial charge is 0.381 e. The molecule has 0 saturated carbocycles. The van der Waals surface area contributed by atoms with Crippen molar-refractivity contribution >= 4 is 17.4 Å². The molecule has 1 aromatic carbocycles. The molecule has 0 fully saturated rings. The number of hydrogen-bond acceptors (Lipinski definition) is 3. The fourth-order valence-corrected chi connectivity index (χ4v) is 1.32. The highest BCUT2D eigenvalue weighted by molar-refractivity contribution is 6.30. The smallest absolute Gasteiger partial charge is 0.169 e. The summed E-state index contributed by atoms with van der Waals surface area (Å²) >= 11 is 5.57. The lowest BCUT2D eigenvalue weighted by Crippen LogP contribution is -2.00. The first-order valence-corrected chi connectivity index (χ1v) is 4.60. The standard InChI is InChI=1S/C9H8ClFN4/c1-5-9(12)13-14-15(5)6-2-3-7(10)8(11)4-6/h2-4H,12H2,1H3. The molecular weight excluding hydrogens is 219 g/mol. The summed E-state index contributed by atoms with van der Waals surface area (Å²) in [5.41, 5.74) is 6.74. The number of nitrogens with two attached hydrogens (primary N) is 1. The molecule has 2 rings (SSSR count). The lowest BCUT2D eigenvalue weighted by atomic mass is 10.3. The summed E-state index contributed by atoms with van der Waals surface area (Å²) in [6, 6.07) is 4.39. The maximum Gasteiger partial charge on any atom is 0.169 e. The predicted octanol–water partition coefficient (Wildman–Crippen LogP) is 1.95. The van der Waals surface area contributed by atoms with Crippen LogP contribution in [0, 0.1) is 12.7 Å². The molecule has 4 nitrogen and oxygen atoms in total. The van der Waals surface area contributed by atoms with Crippen LogP contribution in [-0.4, -0.2) is 15.0 Å². The van der Waals surface area contributed by atoms with Crippen LogP contribution in [0.1, 0.15) is 5.69 Å². The third kappa shape index (κ3) is 1.66. The summed E-state index contributed by atoms with van der Waals surface area (Å²) in [4.78, 5) is 0. The third-order valence-electron chi connectivity index (χ3n) is 2.08. The van der Waals surface area contributed by atoms with Gasteiger partial charge in [-0.1, -0.05) is 16.8 Å². The summed E-state index contributed by atoms with van der Waals surface area (Å²) in [6.45, 7) is 1.75. The maximum atomic E-state index is 13.2. The van der Waals surface area contributed by atoms with Crippen molar-refractivity contribution in [1.82, 2.24) is 15.0 Å². The van der Waals surface area contributed by atoms with Crippen LogP contribution in [0.4, 0.5) is 10.2 Å². The van der Waals surface area contributed by atoms with Gasteiger partial charge in [0.05, 0.1) is 16.4 Å². The van der Waals surface area contributed by atoms with Crippen molar-refractivity contribution in [1.29, 1.82) is 0 Å². The summed E-state index contributed by atoms with van der Waals surface area (Å²) in [6.07, 6.45) is 0. The Morgan fingerprint density at radius 1 is 1.47 bits per heavy atom. The quantitative estimate of drug-likeness (QED) is 0.809. The van der Waals surface area contributed by atoms with Crippen molar-refractivity contribution in [3.8, 4) is 5.69 Å². The fourth-order valence-electron chi connectivity index (χ4n) is 1.20. The van der Waals surface area contributed by atoms with Crippen LogP contribution in [0.2, 0.25) is 5.02 Å². The predicted molar refractivity (Wildman–Crippen MR) is 55.5 cm³/mol. The summed E-state index contributed by atoms with van der Waals surface area (Å²) in [5, 5.41) is 7.54. The van der Waals surface area contributed by atoms with E-state index < -0.39 is 5.82 Å². The number of anilines is 1. The molecule has 0 unspecified atom stereocenters. The summed E-state index contributed by atoms with van der Waals surface area (Å²) in [5.74, 6) is -0.173. The minimum Gasteiger partial charge on any atom is -0.381 e. The molecule has 0 bridgehead atoms. The molecule has 1 aromatic heterocycles. The fraction of sp³-hybridized carbons (Fsp3) is 0.111. The molecule has 0 spiro atoms. The van der Waals surface area contributed by atoms with Gasteiger partial charge < -0.3 is 5.73 Å². The molecule has 2 aromatic rings. The van der Waals surface area contributed by atoms with Crippen molar-refractivity contribution in [2.45, 2.75) is 6.92 Å². The number of halogens is 2. The van der Waals surface area contributed by atoms with E-state index >= 15 is 0 Å². The Morgan fingerprint density at radius 2 is 2.20 bits per heavy atom. The van der Waals surface area contributed by atoms with Crippen molar-refractivity contribution in [2.24, 2.45) is 0 Å². The van der Waals surface area contributed by atoms with Crippen LogP contribution >= 0.6 is 11.6 Å². The van der Waals surface area contributed by atoms with E-state index in [4.69, 9.17) is 17.3 Å². The van der Waals surface area contributed by atoms with E-state index in [1.54, 1.807) is 13.0 Å². The first kappa shape index (κ1) is 9.92. The monoisotopic (exact) mass is 226 g/mol. The molecule has 15 heavy (non-hydrogen) atoms. The average molecular weight is 227 g/mol. The van der Waals surface area contributed by atoms with E-state index in [-0.39, 0.29) is 5.02 Å². The van der Waals surface area contributed by atoms with Crippen LogP contribution < -0.4 is 5.73 Å². The van der Waals surface area contributed by atoms with E-state index in [2.05, 4.69) is 10.3 Å². The van der Waals surface area contributed by atoms with Crippen molar-refractivity contribution in [3.05, 3.63) is 34.7 Å². The maximum absolute atomic E-state index is 13.2. The Kier molecular flexibility index (Phi) is 2.32. The third-order valence-corrected chi connectivity index (χ3v) is 2.38. The normalized spacial score (nSPS) is 10.6. The molecule has 0 aliphatic heterocycles. The SMILES string of the molecule is Cc1c(N)nnn1-c1ccc(Cl)c(F)c1. The van der Waals surface area contributed by atoms with Crippen LogP contribution in [0.25, 0.3) is 5.69 Å². The number of rotatable bonds is 1. The second kappa shape index (κ2) is 3.51. The molecule has 0 atom stereocenters. The van der Waals surface area contributed by atoms with Gasteiger partial charge in [0.15, 0.2) is 5.82 Å². The number of benzene rings is 1. The van der Waals surface area contributed by atoms with Gasteiger partial charge in [0.25, 0.3) is 0 Å². The Morgan fingerprint density at radius 3 is 2.73 bits per heavy atom. The molecule has 6 heteroatoms. The summed E-state index contributed by atoms with van der Waals surface area (Å²) < 4.78 is 14.6. The zero-order chi connectivity index (χ0) is 11.0. The molecule has 0 aliphatic rings. The molecule has 0 amide bonds. The lowest BCUT2D eigenvalue weighted by molar-refractivity contribution is 0.624. The van der Waals surface area contributed by atoms with E-state index in [1.165, 1.54) is 16.8 Å². The highest BCUT2D eigenvalue weighted by atomic mass is 35.5. The minimum atomic E-state index is -0.498. The first-order valence-electron chi connectivity index (χ1n) is 4.23. The number of nitrogen functional groups attached to an aromatic ring is 1. The van der Waals surface area contributed by atoms with Crippen LogP contribution in [0.3, 0.4) is 0 Å². The molecule has 0 radical (unpaired) electrons. The Balaban J connectivity index is 2.55. The second-order valence-electron chi connectivity index (χ2n) is 3.07. The summed E-state index contributed by atoms with van der Waals surface area (Å²) in [7, 11) is 0. The van der Waals surface area contributed by atoms with Crippen LogP contribution in [0.15, 0.2) is 18.2 Å². The number of hydrogen-bond donors (Lipinski definition) is 1. The van der Waals surface area contributed by atoms with Crippen molar-refractivity contribution in [3.63, 3.8) is 0 Å². The second-order valence-corrected chi connectivity index (χ2v) is 3.48. The molecular formula is C9H8ClFN4. The Labute approximate surface area is 90.5 Å². The van der Waals surface area contributed by atoms with Gasteiger partial charge in [-0.15, -0.1) is 5.10 Å². The number of nitrogens with zero attached hydrogens (tertiary/aromatic N) is 3. The molecule has 0 aliphatic carbocycles. The average Bonchev–Trinajstić information content (AvgIpc) is 2.53. The lowest BCUT2D eigenvalue weighted by Gasteiger charge is -2.03. The van der Waals surface area contributed by atoms with Crippen LogP contribution in [0.5, 0.6) is 0 Å². The van der Waals surface area contributed by atoms with Gasteiger partial charge in [-0.3, -0.25) is 0 Å². The highest BCUT2D eigenvalue weighted by Crippen LogP contribution is 2.19. The van der Waals surface area contributed by atoms with E-state index in [0.717, 1.165) is 0 Å². The van der Waals surface area contributed by atoms with Gasteiger partial charge in [0.2, 0.25) is 0 Å². The van der Waals surface area contributed by atoms with Gasteiger partial charge in [-0.25, -0.2) is 9.07 Å². The van der Waals surface area contributed by atoms with Gasteiger partial charge in [-0.2, -0.15) is 0 Å². The van der Waals surface area contributed by atoms with Gasteiger partial charge >= 0.3 is 0 Å². The Bertz CT molecular complexity index is 509. The highest BCUT2D eigenvalue weighted by Gasteiger charge is 2.08.